The topological polar surface area (TPSA) is 81.5 Å². The number of nitrogens with zero attached hydrogens (tertiary/aromatic N) is 2. The Morgan fingerprint density at radius 2 is 1.76 bits per heavy atom. The Labute approximate surface area is 146 Å². The van der Waals surface area contributed by atoms with Gasteiger partial charge in [-0.05, 0) is 6.07 Å². The maximum Gasteiger partial charge on any atom is 0.337 e. The predicted octanol–water partition coefficient (Wildman–Crippen LogP) is 3.80. The van der Waals surface area contributed by atoms with Gasteiger partial charge in [0.2, 0.25) is 0 Å². The number of ether oxygens (including phenoxy) is 2. The van der Waals surface area contributed by atoms with E-state index < -0.39 is 11.8 Å². The molecule has 8 heteroatoms. The molecule has 1 aromatic heterocycles. The van der Waals surface area contributed by atoms with Gasteiger partial charge >= 0.3 is 5.97 Å². The molecule has 0 unspecified atom stereocenters. The number of hydrogen-bond donors (Lipinski definition) is 1. The molecule has 6 nitrogen and oxygen atoms in total. The van der Waals surface area contributed by atoms with E-state index in [4.69, 9.17) is 21.1 Å². The molecule has 0 amide bonds. The van der Waals surface area contributed by atoms with Crippen LogP contribution in [0.15, 0.2) is 30.6 Å². The summed E-state index contributed by atoms with van der Waals surface area (Å²) in [6.45, 7) is 0. The van der Waals surface area contributed by atoms with Gasteiger partial charge in [0.05, 0.1) is 30.3 Å². The van der Waals surface area contributed by atoms with Crippen LogP contribution < -0.4 is 9.47 Å². The zero-order valence-corrected chi connectivity index (χ0v) is 14.0. The number of carbonyl (C=O) groups is 1. The fourth-order valence-corrected chi connectivity index (χ4v) is 2.87. The molecule has 0 aliphatic rings. The van der Waals surface area contributed by atoms with Crippen LogP contribution in [0.3, 0.4) is 0 Å². The summed E-state index contributed by atoms with van der Waals surface area (Å²) in [6.07, 6.45) is 2.75. The summed E-state index contributed by atoms with van der Waals surface area (Å²) >= 11 is 6.30. The Balaban J connectivity index is 2.42. The fourth-order valence-electron chi connectivity index (χ4n) is 2.55. The largest absolute Gasteiger partial charge is 0.495 e. The van der Waals surface area contributed by atoms with Gasteiger partial charge in [-0.25, -0.2) is 9.18 Å². The third-order valence-electron chi connectivity index (χ3n) is 3.70. The van der Waals surface area contributed by atoms with E-state index in [9.17, 15) is 14.3 Å². The highest BCUT2D eigenvalue weighted by molar-refractivity contribution is 6.35. The van der Waals surface area contributed by atoms with Crippen LogP contribution in [0.1, 0.15) is 10.4 Å². The molecule has 0 atom stereocenters. The van der Waals surface area contributed by atoms with Crippen molar-refractivity contribution in [3.05, 3.63) is 47.0 Å². The molecule has 0 bridgehead atoms. The van der Waals surface area contributed by atoms with Crippen molar-refractivity contribution in [3.63, 3.8) is 0 Å². The molecule has 128 valence electrons. The second-order valence-corrected chi connectivity index (χ2v) is 5.38. The second-order valence-electron chi connectivity index (χ2n) is 5.00. The van der Waals surface area contributed by atoms with Crippen molar-refractivity contribution in [1.29, 1.82) is 0 Å². The Morgan fingerprint density at radius 1 is 1.12 bits per heavy atom. The standard InChI is InChI=1S/C17H12ClFN2O4/c1-24-10-7-11(25-2)14(19)12(13(10)18)8-3-4-9(17(22)23)16-15(8)20-5-6-21-16/h3-7H,1-2H3,(H,22,23). The number of hydrogen-bond acceptors (Lipinski definition) is 5. The Kier molecular flexibility index (Phi) is 4.41. The molecule has 0 fully saturated rings. The summed E-state index contributed by atoms with van der Waals surface area (Å²) in [7, 11) is 2.72. The van der Waals surface area contributed by atoms with Gasteiger partial charge in [-0.3, -0.25) is 9.97 Å². The third-order valence-corrected chi connectivity index (χ3v) is 4.07. The lowest BCUT2D eigenvalue weighted by Crippen LogP contribution is -2.02. The van der Waals surface area contributed by atoms with Gasteiger partial charge in [0.1, 0.15) is 11.3 Å². The van der Waals surface area contributed by atoms with Crippen molar-refractivity contribution in [3.8, 4) is 22.6 Å². The van der Waals surface area contributed by atoms with Gasteiger partial charge in [0.15, 0.2) is 11.6 Å². The van der Waals surface area contributed by atoms with Crippen LogP contribution in [-0.2, 0) is 0 Å². The summed E-state index contributed by atoms with van der Waals surface area (Å²) in [5.41, 5.74) is 0.578. The normalized spacial score (nSPS) is 10.7. The molecular formula is C17H12ClFN2O4. The van der Waals surface area contributed by atoms with Crippen molar-refractivity contribution in [2.75, 3.05) is 14.2 Å². The average molecular weight is 363 g/mol. The van der Waals surface area contributed by atoms with Gasteiger partial charge in [0.25, 0.3) is 0 Å². The van der Waals surface area contributed by atoms with Gasteiger partial charge in [0, 0.05) is 29.6 Å². The van der Waals surface area contributed by atoms with Crippen molar-refractivity contribution in [2.24, 2.45) is 0 Å². The number of aromatic carboxylic acids is 1. The molecule has 0 aliphatic carbocycles. The number of methoxy groups -OCH3 is 2. The first kappa shape index (κ1) is 16.9. The molecule has 1 heterocycles. The van der Waals surface area contributed by atoms with E-state index >= 15 is 0 Å². The Morgan fingerprint density at radius 3 is 2.36 bits per heavy atom. The van der Waals surface area contributed by atoms with Crippen LogP contribution in [0.5, 0.6) is 11.5 Å². The van der Waals surface area contributed by atoms with Crippen LogP contribution >= 0.6 is 11.6 Å². The minimum atomic E-state index is -1.16. The first-order valence-electron chi connectivity index (χ1n) is 7.07. The monoisotopic (exact) mass is 362 g/mol. The number of halogens is 2. The summed E-state index contributed by atoms with van der Waals surface area (Å²) in [5, 5.41) is 9.33. The highest BCUT2D eigenvalue weighted by Crippen LogP contribution is 2.43. The number of carboxylic acids is 1. The van der Waals surface area contributed by atoms with Crippen LogP contribution in [0, 0.1) is 5.82 Å². The maximum absolute atomic E-state index is 14.9. The van der Waals surface area contributed by atoms with Crippen molar-refractivity contribution >= 4 is 28.6 Å². The number of aromatic nitrogens is 2. The summed E-state index contributed by atoms with van der Waals surface area (Å²) < 4.78 is 25.1. The Hall–Kier alpha value is -2.93. The van der Waals surface area contributed by atoms with E-state index in [2.05, 4.69) is 9.97 Å². The highest BCUT2D eigenvalue weighted by Gasteiger charge is 2.23. The molecular weight excluding hydrogens is 351 g/mol. The first-order valence-corrected chi connectivity index (χ1v) is 7.44. The number of carboxylic acid groups (broad SMARTS) is 1. The first-order chi connectivity index (χ1) is 12.0. The summed E-state index contributed by atoms with van der Waals surface area (Å²) in [4.78, 5) is 19.6. The molecule has 2 aromatic carbocycles. The summed E-state index contributed by atoms with van der Waals surface area (Å²) in [5.74, 6) is -1.71. The minimum absolute atomic E-state index is 0.000283. The predicted molar refractivity (Wildman–Crippen MR) is 90.0 cm³/mol. The average Bonchev–Trinajstić information content (AvgIpc) is 2.62. The molecule has 0 saturated carbocycles. The van der Waals surface area contributed by atoms with Crippen LogP contribution in [0.25, 0.3) is 22.2 Å². The van der Waals surface area contributed by atoms with E-state index in [1.165, 1.54) is 44.8 Å². The molecule has 25 heavy (non-hydrogen) atoms. The lowest BCUT2D eigenvalue weighted by Gasteiger charge is -2.15. The molecule has 1 N–H and O–H groups in total. The fraction of sp³-hybridized carbons (Fsp3) is 0.118. The third kappa shape index (κ3) is 2.72. The summed E-state index contributed by atoms with van der Waals surface area (Å²) in [6, 6.07) is 4.10. The zero-order valence-electron chi connectivity index (χ0n) is 13.2. The van der Waals surface area contributed by atoms with Gasteiger partial charge in [-0.2, -0.15) is 0 Å². The molecule has 3 aromatic rings. The van der Waals surface area contributed by atoms with Crippen molar-refractivity contribution in [1.82, 2.24) is 9.97 Å². The van der Waals surface area contributed by atoms with Gasteiger partial charge < -0.3 is 14.6 Å². The molecule has 3 rings (SSSR count). The van der Waals surface area contributed by atoms with Crippen LogP contribution in [0.4, 0.5) is 4.39 Å². The molecule has 0 radical (unpaired) electrons. The minimum Gasteiger partial charge on any atom is -0.495 e. The molecule has 0 aliphatic heterocycles. The van der Waals surface area contributed by atoms with E-state index in [0.717, 1.165) is 0 Å². The van der Waals surface area contributed by atoms with E-state index in [0.29, 0.717) is 0 Å². The SMILES string of the molecule is COc1cc(OC)c(Cl)c(-c2ccc(C(=O)O)c3nccnc23)c1F. The lowest BCUT2D eigenvalue weighted by atomic mass is 9.99. The van der Waals surface area contributed by atoms with E-state index in [1.807, 2.05) is 0 Å². The number of fused-ring (bicyclic) bond motifs is 1. The maximum atomic E-state index is 14.9. The van der Waals surface area contributed by atoms with Gasteiger partial charge in [-0.1, -0.05) is 17.7 Å². The van der Waals surface area contributed by atoms with E-state index in [1.54, 1.807) is 0 Å². The van der Waals surface area contributed by atoms with Crippen LogP contribution in [-0.4, -0.2) is 35.3 Å². The smallest absolute Gasteiger partial charge is 0.337 e. The molecule has 0 saturated heterocycles. The Bertz CT molecular complexity index is 966. The quantitative estimate of drug-likeness (QED) is 0.760. The molecule has 0 spiro atoms. The van der Waals surface area contributed by atoms with Crippen molar-refractivity contribution in [2.45, 2.75) is 0 Å². The second kappa shape index (κ2) is 6.52. The number of rotatable bonds is 4. The van der Waals surface area contributed by atoms with Crippen molar-refractivity contribution < 1.29 is 23.8 Å². The van der Waals surface area contributed by atoms with Gasteiger partial charge in [-0.15, -0.1) is 0 Å². The zero-order chi connectivity index (χ0) is 18.1. The lowest BCUT2D eigenvalue weighted by molar-refractivity contribution is 0.0699. The number of benzene rings is 2. The highest BCUT2D eigenvalue weighted by atomic mass is 35.5. The van der Waals surface area contributed by atoms with Crippen LogP contribution in [0.2, 0.25) is 5.02 Å². The van der Waals surface area contributed by atoms with E-state index in [-0.39, 0.29) is 44.2 Å².